The fourth-order valence-corrected chi connectivity index (χ4v) is 1.29. The molecule has 1 aromatic carbocycles. The number of aryl methyl sites for hydroxylation is 1. The lowest BCUT2D eigenvalue weighted by Crippen LogP contribution is -2.27. The first-order valence-electron chi connectivity index (χ1n) is 5.22. The molecule has 0 aromatic heterocycles. The summed E-state index contributed by atoms with van der Waals surface area (Å²) < 4.78 is 17.4. The number of rotatable bonds is 6. The molecule has 0 radical (unpaired) electrons. The van der Waals surface area contributed by atoms with E-state index in [0.717, 1.165) is 5.56 Å². The van der Waals surface area contributed by atoms with E-state index in [0.29, 0.717) is 26.0 Å². The molecular formula is C12H16FNO2. The Morgan fingerprint density at radius 1 is 1.38 bits per heavy atom. The van der Waals surface area contributed by atoms with Crippen LogP contribution < -0.4 is 5.32 Å². The van der Waals surface area contributed by atoms with E-state index in [1.54, 1.807) is 19.2 Å². The maximum Gasteiger partial charge on any atom is 0.220 e. The Morgan fingerprint density at radius 3 is 2.69 bits per heavy atom. The number of methoxy groups -OCH3 is 1. The van der Waals surface area contributed by atoms with Crippen LogP contribution in [-0.2, 0) is 16.0 Å². The van der Waals surface area contributed by atoms with Gasteiger partial charge in [0, 0.05) is 20.1 Å². The summed E-state index contributed by atoms with van der Waals surface area (Å²) >= 11 is 0. The topological polar surface area (TPSA) is 38.3 Å². The summed E-state index contributed by atoms with van der Waals surface area (Å²) in [5, 5.41) is 2.73. The van der Waals surface area contributed by atoms with Crippen LogP contribution in [0.15, 0.2) is 24.3 Å². The van der Waals surface area contributed by atoms with Crippen molar-refractivity contribution >= 4 is 5.91 Å². The molecule has 0 saturated carbocycles. The van der Waals surface area contributed by atoms with Gasteiger partial charge < -0.3 is 10.1 Å². The second kappa shape index (κ2) is 6.95. The minimum atomic E-state index is -0.256. The molecular weight excluding hydrogens is 209 g/mol. The van der Waals surface area contributed by atoms with E-state index in [9.17, 15) is 9.18 Å². The highest BCUT2D eigenvalue weighted by Gasteiger charge is 2.01. The molecule has 1 rings (SSSR count). The largest absolute Gasteiger partial charge is 0.383 e. The lowest BCUT2D eigenvalue weighted by Gasteiger charge is -2.04. The summed E-state index contributed by atoms with van der Waals surface area (Å²) in [6.07, 6.45) is 1.04. The maximum absolute atomic E-state index is 12.6. The Bertz CT molecular complexity index is 324. The van der Waals surface area contributed by atoms with Gasteiger partial charge in [-0.25, -0.2) is 4.39 Å². The first kappa shape index (κ1) is 12.6. The van der Waals surface area contributed by atoms with Gasteiger partial charge in [0.05, 0.1) is 6.61 Å². The number of carbonyl (C=O) groups excluding carboxylic acids is 1. The molecule has 0 bridgehead atoms. The summed E-state index contributed by atoms with van der Waals surface area (Å²) in [6, 6.07) is 6.19. The average Bonchev–Trinajstić information content (AvgIpc) is 2.29. The number of halogens is 1. The molecule has 0 aliphatic carbocycles. The number of carbonyl (C=O) groups is 1. The van der Waals surface area contributed by atoms with Gasteiger partial charge in [-0.3, -0.25) is 4.79 Å². The molecule has 0 heterocycles. The first-order chi connectivity index (χ1) is 7.72. The molecule has 1 aromatic rings. The van der Waals surface area contributed by atoms with Gasteiger partial charge in [0.25, 0.3) is 0 Å². The number of benzene rings is 1. The molecule has 1 amide bonds. The van der Waals surface area contributed by atoms with Gasteiger partial charge in [0.1, 0.15) is 5.82 Å². The van der Waals surface area contributed by atoms with Gasteiger partial charge in [0.15, 0.2) is 0 Å². The van der Waals surface area contributed by atoms with Crippen LogP contribution in [0.25, 0.3) is 0 Å². The van der Waals surface area contributed by atoms with Crippen LogP contribution in [-0.4, -0.2) is 26.2 Å². The van der Waals surface area contributed by atoms with E-state index in [-0.39, 0.29) is 11.7 Å². The average molecular weight is 225 g/mol. The predicted octanol–water partition coefficient (Wildman–Crippen LogP) is 1.52. The molecule has 16 heavy (non-hydrogen) atoms. The quantitative estimate of drug-likeness (QED) is 0.745. The predicted molar refractivity (Wildman–Crippen MR) is 59.6 cm³/mol. The molecule has 3 nitrogen and oxygen atoms in total. The van der Waals surface area contributed by atoms with Crippen LogP contribution in [0.5, 0.6) is 0 Å². The Hall–Kier alpha value is -1.42. The second-order valence-electron chi connectivity index (χ2n) is 3.47. The molecule has 0 fully saturated rings. The fourth-order valence-electron chi connectivity index (χ4n) is 1.29. The zero-order valence-corrected chi connectivity index (χ0v) is 9.33. The second-order valence-corrected chi connectivity index (χ2v) is 3.47. The van der Waals surface area contributed by atoms with Crippen molar-refractivity contribution in [2.75, 3.05) is 20.3 Å². The van der Waals surface area contributed by atoms with Crippen molar-refractivity contribution < 1.29 is 13.9 Å². The highest BCUT2D eigenvalue weighted by Crippen LogP contribution is 2.05. The van der Waals surface area contributed by atoms with Gasteiger partial charge in [0.2, 0.25) is 5.91 Å². The summed E-state index contributed by atoms with van der Waals surface area (Å²) in [5.74, 6) is -0.269. The highest BCUT2D eigenvalue weighted by molar-refractivity contribution is 5.76. The van der Waals surface area contributed by atoms with Crippen LogP contribution in [0.1, 0.15) is 12.0 Å². The van der Waals surface area contributed by atoms with E-state index >= 15 is 0 Å². The van der Waals surface area contributed by atoms with Crippen molar-refractivity contribution in [1.82, 2.24) is 5.32 Å². The highest BCUT2D eigenvalue weighted by atomic mass is 19.1. The summed E-state index contributed by atoms with van der Waals surface area (Å²) in [5.41, 5.74) is 0.961. The number of hydrogen-bond donors (Lipinski definition) is 1. The molecule has 4 heteroatoms. The number of amides is 1. The molecule has 0 saturated heterocycles. The lowest BCUT2D eigenvalue weighted by atomic mass is 10.1. The Kier molecular flexibility index (Phi) is 5.50. The van der Waals surface area contributed by atoms with E-state index in [4.69, 9.17) is 4.74 Å². The number of nitrogens with one attached hydrogen (secondary N) is 1. The van der Waals surface area contributed by atoms with Gasteiger partial charge in [-0.1, -0.05) is 12.1 Å². The van der Waals surface area contributed by atoms with Crippen molar-refractivity contribution in [3.63, 3.8) is 0 Å². The summed E-state index contributed by atoms with van der Waals surface area (Å²) in [7, 11) is 1.59. The minimum Gasteiger partial charge on any atom is -0.383 e. The third kappa shape index (κ3) is 4.89. The monoisotopic (exact) mass is 225 g/mol. The van der Waals surface area contributed by atoms with Gasteiger partial charge in [-0.2, -0.15) is 0 Å². The smallest absolute Gasteiger partial charge is 0.220 e. The first-order valence-corrected chi connectivity index (χ1v) is 5.22. The maximum atomic E-state index is 12.6. The zero-order valence-electron chi connectivity index (χ0n) is 9.33. The van der Waals surface area contributed by atoms with Crippen LogP contribution >= 0.6 is 0 Å². The molecule has 0 spiro atoms. The normalized spacial score (nSPS) is 10.1. The SMILES string of the molecule is COCCNC(=O)CCc1ccc(F)cc1. The van der Waals surface area contributed by atoms with Crippen LogP contribution in [0.3, 0.4) is 0 Å². The van der Waals surface area contributed by atoms with Gasteiger partial charge >= 0.3 is 0 Å². The summed E-state index contributed by atoms with van der Waals surface area (Å²) in [4.78, 5) is 11.3. The van der Waals surface area contributed by atoms with Gasteiger partial charge in [-0.05, 0) is 24.1 Å². The molecule has 88 valence electrons. The van der Waals surface area contributed by atoms with Crippen molar-refractivity contribution in [2.24, 2.45) is 0 Å². The summed E-state index contributed by atoms with van der Waals surface area (Å²) in [6.45, 7) is 1.04. The van der Waals surface area contributed by atoms with Crippen molar-refractivity contribution in [3.8, 4) is 0 Å². The molecule has 1 N–H and O–H groups in total. The Morgan fingerprint density at radius 2 is 2.06 bits per heavy atom. The van der Waals surface area contributed by atoms with Gasteiger partial charge in [-0.15, -0.1) is 0 Å². The molecule has 0 aliphatic rings. The van der Waals surface area contributed by atoms with Crippen molar-refractivity contribution in [1.29, 1.82) is 0 Å². The number of hydrogen-bond acceptors (Lipinski definition) is 2. The van der Waals surface area contributed by atoms with E-state index in [2.05, 4.69) is 5.32 Å². The third-order valence-electron chi connectivity index (χ3n) is 2.18. The number of ether oxygens (including phenoxy) is 1. The molecule has 0 unspecified atom stereocenters. The van der Waals surface area contributed by atoms with E-state index in [1.165, 1.54) is 12.1 Å². The van der Waals surface area contributed by atoms with Crippen molar-refractivity contribution in [2.45, 2.75) is 12.8 Å². The van der Waals surface area contributed by atoms with Crippen LogP contribution in [0, 0.1) is 5.82 Å². The third-order valence-corrected chi connectivity index (χ3v) is 2.18. The molecule has 0 atom stereocenters. The van der Waals surface area contributed by atoms with Crippen LogP contribution in [0.2, 0.25) is 0 Å². The Balaban J connectivity index is 2.23. The Labute approximate surface area is 94.6 Å². The van der Waals surface area contributed by atoms with E-state index in [1.807, 2.05) is 0 Å². The zero-order chi connectivity index (χ0) is 11.8. The van der Waals surface area contributed by atoms with Crippen molar-refractivity contribution in [3.05, 3.63) is 35.6 Å². The fraction of sp³-hybridized carbons (Fsp3) is 0.417. The standard InChI is InChI=1S/C12H16FNO2/c1-16-9-8-14-12(15)7-4-10-2-5-11(13)6-3-10/h2-3,5-6H,4,7-9H2,1H3,(H,14,15). The van der Waals surface area contributed by atoms with Crippen LogP contribution in [0.4, 0.5) is 4.39 Å². The minimum absolute atomic E-state index is 0.0126. The van der Waals surface area contributed by atoms with E-state index < -0.39 is 0 Å². The lowest BCUT2D eigenvalue weighted by molar-refractivity contribution is -0.121. The molecule has 0 aliphatic heterocycles.